The largest absolute Gasteiger partial charge is 0.383 e. The summed E-state index contributed by atoms with van der Waals surface area (Å²) in [7, 11) is 0. The monoisotopic (exact) mass is 228 g/mol. The van der Waals surface area contributed by atoms with Crippen LogP contribution in [0, 0.1) is 0 Å². The van der Waals surface area contributed by atoms with Gasteiger partial charge in [0, 0.05) is 17.2 Å². The Hall–Kier alpha value is -2.10. The zero-order chi connectivity index (χ0) is 12.3. The van der Waals surface area contributed by atoms with E-state index in [0.29, 0.717) is 5.84 Å². The van der Waals surface area contributed by atoms with Gasteiger partial charge in [-0.15, -0.1) is 0 Å². The molecule has 88 valence electrons. The van der Waals surface area contributed by atoms with E-state index in [1.54, 1.807) is 12.5 Å². The highest BCUT2D eigenvalue weighted by Gasteiger charge is 2.08. The van der Waals surface area contributed by atoms with Gasteiger partial charge in [0.15, 0.2) is 0 Å². The van der Waals surface area contributed by atoms with Gasteiger partial charge in [-0.2, -0.15) is 0 Å². The Bertz CT molecular complexity index is 512. The van der Waals surface area contributed by atoms with Crippen LogP contribution in [0.2, 0.25) is 0 Å². The van der Waals surface area contributed by atoms with Crippen molar-refractivity contribution in [3.05, 3.63) is 42.4 Å². The van der Waals surface area contributed by atoms with Crippen LogP contribution in [0.3, 0.4) is 0 Å². The van der Waals surface area contributed by atoms with Crippen LogP contribution >= 0.6 is 0 Å². The van der Waals surface area contributed by atoms with Crippen LogP contribution in [0.25, 0.3) is 11.3 Å². The lowest BCUT2D eigenvalue weighted by Crippen LogP contribution is -2.16. The average Bonchev–Trinajstić information content (AvgIpc) is 2.81. The Morgan fingerprint density at radius 3 is 2.76 bits per heavy atom. The highest BCUT2D eigenvalue weighted by molar-refractivity contribution is 6.03. The Kier molecular flexibility index (Phi) is 3.23. The number of amidine groups is 1. The first-order chi connectivity index (χ1) is 8.18. The number of rotatable bonds is 3. The zero-order valence-electron chi connectivity index (χ0n) is 10.0. The molecule has 0 saturated carbocycles. The summed E-state index contributed by atoms with van der Waals surface area (Å²) in [6, 6.07) is 8.09. The Morgan fingerprint density at radius 1 is 1.35 bits per heavy atom. The fraction of sp³-hybridized carbons (Fsp3) is 0.231. The first-order valence-corrected chi connectivity index (χ1v) is 5.60. The van der Waals surface area contributed by atoms with Crippen molar-refractivity contribution in [2.75, 3.05) is 0 Å². The SMILES string of the molecule is CC(C)N=C(N)c1ccccc1-c1cnc[nH]1. The molecule has 0 aliphatic carbocycles. The maximum absolute atomic E-state index is 6.02. The summed E-state index contributed by atoms with van der Waals surface area (Å²) in [4.78, 5) is 11.5. The second kappa shape index (κ2) is 4.82. The Morgan fingerprint density at radius 2 is 2.12 bits per heavy atom. The topological polar surface area (TPSA) is 67.1 Å². The molecule has 0 fully saturated rings. The molecular weight excluding hydrogens is 212 g/mol. The van der Waals surface area contributed by atoms with Gasteiger partial charge in [0.25, 0.3) is 0 Å². The highest BCUT2D eigenvalue weighted by atomic mass is 14.9. The van der Waals surface area contributed by atoms with Crippen molar-refractivity contribution < 1.29 is 0 Å². The minimum atomic E-state index is 0.185. The van der Waals surface area contributed by atoms with Crippen molar-refractivity contribution in [3.63, 3.8) is 0 Å². The number of aromatic amines is 1. The quantitative estimate of drug-likeness (QED) is 0.624. The molecule has 0 amide bonds. The van der Waals surface area contributed by atoms with E-state index in [4.69, 9.17) is 5.73 Å². The molecule has 0 unspecified atom stereocenters. The smallest absolute Gasteiger partial charge is 0.126 e. The third-order valence-corrected chi connectivity index (χ3v) is 2.39. The number of nitrogens with two attached hydrogens (primary N) is 1. The number of imidazole rings is 1. The van der Waals surface area contributed by atoms with Crippen LogP contribution < -0.4 is 5.73 Å². The summed E-state index contributed by atoms with van der Waals surface area (Å²) in [6.07, 6.45) is 3.43. The third-order valence-electron chi connectivity index (χ3n) is 2.39. The van der Waals surface area contributed by atoms with E-state index in [1.165, 1.54) is 0 Å². The lowest BCUT2D eigenvalue weighted by molar-refractivity contribution is 0.834. The van der Waals surface area contributed by atoms with Crippen molar-refractivity contribution >= 4 is 5.84 Å². The molecule has 17 heavy (non-hydrogen) atoms. The van der Waals surface area contributed by atoms with Gasteiger partial charge in [0.2, 0.25) is 0 Å². The van der Waals surface area contributed by atoms with Crippen molar-refractivity contribution in [1.82, 2.24) is 9.97 Å². The number of nitrogens with zero attached hydrogens (tertiary/aromatic N) is 2. The van der Waals surface area contributed by atoms with E-state index >= 15 is 0 Å². The second-order valence-corrected chi connectivity index (χ2v) is 4.12. The van der Waals surface area contributed by atoms with Crippen molar-refractivity contribution in [3.8, 4) is 11.3 Å². The molecule has 2 aromatic rings. The number of benzene rings is 1. The van der Waals surface area contributed by atoms with Gasteiger partial charge in [-0.25, -0.2) is 4.98 Å². The predicted octanol–water partition coefficient (Wildman–Crippen LogP) is 2.19. The third kappa shape index (κ3) is 2.53. The molecule has 0 aliphatic rings. The number of hydrogen-bond acceptors (Lipinski definition) is 2. The van der Waals surface area contributed by atoms with E-state index in [0.717, 1.165) is 16.8 Å². The summed E-state index contributed by atoms with van der Waals surface area (Å²) >= 11 is 0. The summed E-state index contributed by atoms with van der Waals surface area (Å²) in [5.74, 6) is 0.560. The van der Waals surface area contributed by atoms with Crippen LogP contribution in [0.5, 0.6) is 0 Å². The second-order valence-electron chi connectivity index (χ2n) is 4.12. The fourth-order valence-electron chi connectivity index (χ4n) is 1.69. The van der Waals surface area contributed by atoms with E-state index in [9.17, 15) is 0 Å². The van der Waals surface area contributed by atoms with Crippen LogP contribution in [0.15, 0.2) is 41.8 Å². The van der Waals surface area contributed by atoms with Gasteiger partial charge in [-0.05, 0) is 13.8 Å². The number of nitrogens with one attached hydrogen (secondary N) is 1. The molecule has 0 saturated heterocycles. The molecule has 1 aromatic carbocycles. The number of H-pyrrole nitrogens is 1. The van der Waals surface area contributed by atoms with Gasteiger partial charge in [-0.1, -0.05) is 24.3 Å². The van der Waals surface area contributed by atoms with Crippen LogP contribution in [-0.4, -0.2) is 21.8 Å². The summed E-state index contributed by atoms with van der Waals surface area (Å²) in [6.45, 7) is 4.01. The molecule has 1 aromatic heterocycles. The van der Waals surface area contributed by atoms with E-state index < -0.39 is 0 Å². The maximum Gasteiger partial charge on any atom is 0.126 e. The van der Waals surface area contributed by atoms with E-state index in [1.807, 2.05) is 38.1 Å². The normalized spacial score (nSPS) is 12.1. The molecular formula is C13H16N4. The number of aromatic nitrogens is 2. The van der Waals surface area contributed by atoms with Crippen molar-refractivity contribution in [1.29, 1.82) is 0 Å². The molecule has 0 atom stereocenters. The summed E-state index contributed by atoms with van der Waals surface area (Å²) in [5, 5.41) is 0. The van der Waals surface area contributed by atoms with Crippen molar-refractivity contribution in [2.45, 2.75) is 19.9 Å². The van der Waals surface area contributed by atoms with Gasteiger partial charge in [0.05, 0.1) is 18.2 Å². The molecule has 4 nitrogen and oxygen atoms in total. The van der Waals surface area contributed by atoms with Gasteiger partial charge < -0.3 is 10.7 Å². The standard InChI is InChI=1S/C13H16N4/c1-9(2)17-13(14)11-6-4-3-5-10(11)12-7-15-8-16-12/h3-9H,1-2H3,(H2,14,17)(H,15,16). The molecule has 4 heteroatoms. The van der Waals surface area contributed by atoms with Gasteiger partial charge >= 0.3 is 0 Å². The molecule has 0 spiro atoms. The molecule has 0 bridgehead atoms. The summed E-state index contributed by atoms with van der Waals surface area (Å²) in [5.41, 5.74) is 8.92. The maximum atomic E-state index is 6.02. The zero-order valence-corrected chi connectivity index (χ0v) is 10.0. The van der Waals surface area contributed by atoms with Crippen LogP contribution in [-0.2, 0) is 0 Å². The lowest BCUT2D eigenvalue weighted by atomic mass is 10.0. The molecule has 1 heterocycles. The first-order valence-electron chi connectivity index (χ1n) is 5.60. The van der Waals surface area contributed by atoms with Crippen LogP contribution in [0.1, 0.15) is 19.4 Å². The highest BCUT2D eigenvalue weighted by Crippen LogP contribution is 2.20. The van der Waals surface area contributed by atoms with Gasteiger partial charge in [-0.3, -0.25) is 4.99 Å². The fourth-order valence-corrected chi connectivity index (χ4v) is 1.69. The number of hydrogen-bond donors (Lipinski definition) is 2. The Balaban J connectivity index is 2.48. The van der Waals surface area contributed by atoms with E-state index in [2.05, 4.69) is 15.0 Å². The molecule has 0 aliphatic heterocycles. The summed E-state index contributed by atoms with van der Waals surface area (Å²) < 4.78 is 0. The molecule has 2 rings (SSSR count). The molecule has 0 radical (unpaired) electrons. The number of aliphatic imine (C=N–C) groups is 1. The first kappa shape index (κ1) is 11.4. The van der Waals surface area contributed by atoms with E-state index in [-0.39, 0.29) is 6.04 Å². The van der Waals surface area contributed by atoms with Crippen LogP contribution in [0.4, 0.5) is 0 Å². The minimum absolute atomic E-state index is 0.185. The van der Waals surface area contributed by atoms with Gasteiger partial charge in [0.1, 0.15) is 5.84 Å². The predicted molar refractivity (Wildman–Crippen MR) is 69.9 cm³/mol. The Labute approximate surface area is 101 Å². The average molecular weight is 228 g/mol. The minimum Gasteiger partial charge on any atom is -0.383 e. The molecule has 3 N–H and O–H groups in total. The lowest BCUT2D eigenvalue weighted by Gasteiger charge is -2.08. The van der Waals surface area contributed by atoms with Crippen molar-refractivity contribution in [2.24, 2.45) is 10.7 Å².